The summed E-state index contributed by atoms with van der Waals surface area (Å²) in [5.74, 6) is 2.56. The minimum Gasteiger partial charge on any atom is -0.381 e. The summed E-state index contributed by atoms with van der Waals surface area (Å²) in [6.07, 6.45) is 7.10. The lowest BCUT2D eigenvalue weighted by atomic mass is 10.1. The molecule has 4 nitrogen and oxygen atoms in total. The Morgan fingerprint density at radius 3 is 2.95 bits per heavy atom. The van der Waals surface area contributed by atoms with Crippen LogP contribution in [0.1, 0.15) is 18.4 Å². The lowest BCUT2D eigenvalue weighted by Crippen LogP contribution is -2.41. The fourth-order valence-electron chi connectivity index (χ4n) is 2.02. The number of carbonyl (C=O) groups is 1. The summed E-state index contributed by atoms with van der Waals surface area (Å²) in [5.41, 5.74) is 1.66. The van der Waals surface area contributed by atoms with Crippen LogP contribution in [-0.4, -0.2) is 31.7 Å². The fourth-order valence-corrected chi connectivity index (χ4v) is 2.02. The van der Waals surface area contributed by atoms with Gasteiger partial charge in [-0.25, -0.2) is 0 Å². The van der Waals surface area contributed by atoms with Crippen molar-refractivity contribution >= 4 is 11.6 Å². The molecule has 0 radical (unpaired) electrons. The maximum atomic E-state index is 11.8. The number of carbonyl (C=O) groups excluding carboxylic acids is 1. The molecule has 0 bridgehead atoms. The van der Waals surface area contributed by atoms with Crippen molar-refractivity contribution in [1.82, 2.24) is 5.32 Å². The SMILES string of the molecule is C#Cc1cccc(NCC(=O)NC2CCOCC2)c1. The molecule has 0 aromatic heterocycles. The molecule has 2 N–H and O–H groups in total. The highest BCUT2D eigenvalue weighted by Crippen LogP contribution is 2.09. The van der Waals surface area contributed by atoms with Crippen LogP contribution in [0.15, 0.2) is 24.3 Å². The van der Waals surface area contributed by atoms with Crippen LogP contribution in [0.5, 0.6) is 0 Å². The first-order valence-corrected chi connectivity index (χ1v) is 6.45. The number of benzene rings is 1. The summed E-state index contributed by atoms with van der Waals surface area (Å²) in [6, 6.07) is 7.70. The highest BCUT2D eigenvalue weighted by molar-refractivity contribution is 5.81. The van der Waals surface area contributed by atoms with Crippen LogP contribution in [0.2, 0.25) is 0 Å². The second-order valence-electron chi connectivity index (χ2n) is 4.53. The summed E-state index contributed by atoms with van der Waals surface area (Å²) in [5, 5.41) is 6.07. The topological polar surface area (TPSA) is 50.4 Å². The van der Waals surface area contributed by atoms with Gasteiger partial charge in [-0.1, -0.05) is 12.0 Å². The Kier molecular flexibility index (Phi) is 4.82. The quantitative estimate of drug-likeness (QED) is 0.802. The molecule has 1 aromatic rings. The van der Waals surface area contributed by atoms with E-state index in [1.807, 2.05) is 24.3 Å². The number of hydrogen-bond donors (Lipinski definition) is 2. The standard InChI is InChI=1S/C15H18N2O2/c1-2-12-4-3-5-14(10-12)16-11-15(18)17-13-6-8-19-9-7-13/h1,3-5,10,13,16H,6-9,11H2,(H,17,18). The monoisotopic (exact) mass is 258 g/mol. The first-order valence-electron chi connectivity index (χ1n) is 6.45. The van der Waals surface area contributed by atoms with Gasteiger partial charge in [-0.05, 0) is 31.0 Å². The van der Waals surface area contributed by atoms with Crippen LogP contribution in [0.4, 0.5) is 5.69 Å². The number of amides is 1. The van der Waals surface area contributed by atoms with Crippen molar-refractivity contribution in [2.75, 3.05) is 25.1 Å². The number of ether oxygens (including phenoxy) is 1. The largest absolute Gasteiger partial charge is 0.381 e. The highest BCUT2D eigenvalue weighted by atomic mass is 16.5. The number of nitrogens with one attached hydrogen (secondary N) is 2. The Morgan fingerprint density at radius 2 is 2.21 bits per heavy atom. The van der Waals surface area contributed by atoms with Gasteiger partial charge in [0.2, 0.25) is 5.91 Å². The molecule has 0 saturated carbocycles. The molecule has 1 aliphatic rings. The summed E-state index contributed by atoms with van der Waals surface area (Å²) in [6.45, 7) is 1.70. The van der Waals surface area contributed by atoms with Crippen LogP contribution in [0.25, 0.3) is 0 Å². The molecule has 1 aromatic carbocycles. The Hall–Kier alpha value is -1.99. The predicted molar refractivity (Wildman–Crippen MR) is 74.9 cm³/mol. The highest BCUT2D eigenvalue weighted by Gasteiger charge is 2.15. The second kappa shape index (κ2) is 6.81. The second-order valence-corrected chi connectivity index (χ2v) is 4.53. The molecule has 0 atom stereocenters. The number of hydrogen-bond acceptors (Lipinski definition) is 3. The van der Waals surface area contributed by atoms with E-state index in [0.717, 1.165) is 37.3 Å². The third kappa shape index (κ3) is 4.31. The van der Waals surface area contributed by atoms with Gasteiger partial charge in [0, 0.05) is 30.5 Å². The Bertz CT molecular complexity index is 473. The van der Waals surface area contributed by atoms with Gasteiger partial charge in [0.05, 0.1) is 6.54 Å². The molecule has 19 heavy (non-hydrogen) atoms. The zero-order valence-electron chi connectivity index (χ0n) is 10.8. The zero-order valence-corrected chi connectivity index (χ0v) is 10.8. The predicted octanol–water partition coefficient (Wildman–Crippen LogP) is 1.37. The maximum Gasteiger partial charge on any atom is 0.239 e. The first-order chi connectivity index (χ1) is 9.28. The van der Waals surface area contributed by atoms with E-state index in [0.29, 0.717) is 0 Å². The minimum absolute atomic E-state index is 0.00184. The fraction of sp³-hybridized carbons (Fsp3) is 0.400. The van der Waals surface area contributed by atoms with Crippen molar-refractivity contribution in [3.8, 4) is 12.3 Å². The van der Waals surface area contributed by atoms with Crippen molar-refractivity contribution in [3.05, 3.63) is 29.8 Å². The number of terminal acetylenes is 1. The van der Waals surface area contributed by atoms with Gasteiger partial charge in [-0.2, -0.15) is 0 Å². The van der Waals surface area contributed by atoms with Crippen LogP contribution in [0.3, 0.4) is 0 Å². The van der Waals surface area contributed by atoms with Gasteiger partial charge in [0.25, 0.3) is 0 Å². The average molecular weight is 258 g/mol. The van der Waals surface area contributed by atoms with E-state index in [-0.39, 0.29) is 18.5 Å². The van der Waals surface area contributed by atoms with Crippen molar-refractivity contribution in [3.63, 3.8) is 0 Å². The van der Waals surface area contributed by atoms with Crippen molar-refractivity contribution in [2.45, 2.75) is 18.9 Å². The Balaban J connectivity index is 1.78. The van der Waals surface area contributed by atoms with Gasteiger partial charge < -0.3 is 15.4 Å². The number of anilines is 1. The normalized spacial score (nSPS) is 15.5. The number of rotatable bonds is 4. The van der Waals surface area contributed by atoms with Gasteiger partial charge in [-0.15, -0.1) is 6.42 Å². The summed E-state index contributed by atoms with van der Waals surface area (Å²) < 4.78 is 5.25. The third-order valence-electron chi connectivity index (χ3n) is 3.07. The molecule has 100 valence electrons. The zero-order chi connectivity index (χ0) is 13.5. The van der Waals surface area contributed by atoms with E-state index in [9.17, 15) is 4.79 Å². The summed E-state index contributed by atoms with van der Waals surface area (Å²) >= 11 is 0. The molecule has 0 spiro atoms. The maximum absolute atomic E-state index is 11.8. The van der Waals surface area contributed by atoms with Crippen LogP contribution >= 0.6 is 0 Å². The third-order valence-corrected chi connectivity index (χ3v) is 3.07. The van der Waals surface area contributed by atoms with Crippen molar-refractivity contribution < 1.29 is 9.53 Å². The first kappa shape index (κ1) is 13.4. The molecule has 2 rings (SSSR count). The summed E-state index contributed by atoms with van der Waals surface area (Å²) in [4.78, 5) is 11.8. The van der Waals surface area contributed by atoms with Crippen molar-refractivity contribution in [1.29, 1.82) is 0 Å². The van der Waals surface area contributed by atoms with Crippen molar-refractivity contribution in [2.24, 2.45) is 0 Å². The van der Waals surface area contributed by atoms with E-state index in [4.69, 9.17) is 11.2 Å². The lowest BCUT2D eigenvalue weighted by molar-refractivity contribution is -0.120. The van der Waals surface area contributed by atoms with Gasteiger partial charge in [0.15, 0.2) is 0 Å². The van der Waals surface area contributed by atoms with Crippen LogP contribution in [-0.2, 0) is 9.53 Å². The smallest absolute Gasteiger partial charge is 0.239 e. The van der Waals surface area contributed by atoms with E-state index >= 15 is 0 Å². The minimum atomic E-state index is -0.00184. The Labute approximate surface area is 113 Å². The molecule has 1 fully saturated rings. The van der Waals surface area contributed by atoms with Gasteiger partial charge in [-0.3, -0.25) is 4.79 Å². The lowest BCUT2D eigenvalue weighted by Gasteiger charge is -2.23. The summed E-state index contributed by atoms with van der Waals surface area (Å²) in [7, 11) is 0. The molecular weight excluding hydrogens is 240 g/mol. The van der Waals surface area contributed by atoms with E-state index in [2.05, 4.69) is 16.6 Å². The molecule has 1 saturated heterocycles. The molecule has 1 amide bonds. The Morgan fingerprint density at radius 1 is 1.42 bits per heavy atom. The van der Waals surface area contributed by atoms with Gasteiger partial charge in [0.1, 0.15) is 0 Å². The van der Waals surface area contributed by atoms with E-state index in [1.54, 1.807) is 0 Å². The molecule has 1 heterocycles. The molecular formula is C15H18N2O2. The molecule has 4 heteroatoms. The van der Waals surface area contributed by atoms with E-state index < -0.39 is 0 Å². The van der Waals surface area contributed by atoms with Crippen LogP contribution < -0.4 is 10.6 Å². The van der Waals surface area contributed by atoms with E-state index in [1.165, 1.54) is 0 Å². The molecule has 0 aliphatic carbocycles. The molecule has 0 unspecified atom stereocenters. The van der Waals surface area contributed by atoms with Gasteiger partial charge >= 0.3 is 0 Å². The molecule has 1 aliphatic heterocycles. The van der Waals surface area contributed by atoms with Crippen LogP contribution in [0, 0.1) is 12.3 Å². The average Bonchev–Trinajstić information content (AvgIpc) is 2.46.